The number of hydrogen-bond donors (Lipinski definition) is 3. The highest BCUT2D eigenvalue weighted by atomic mass is 16.6. The van der Waals surface area contributed by atoms with E-state index in [4.69, 9.17) is 10.8 Å². The standard InChI is InChI=1S/C9H15N5O3/c1-5(2)6(4-15)12-8-7(14(16)17)3-11-9(10)13-8/h3,5-6,15H,4H2,1-2H3,(H3,10,11,12,13). The van der Waals surface area contributed by atoms with Gasteiger partial charge in [0.1, 0.15) is 6.20 Å². The minimum atomic E-state index is -0.601. The molecule has 4 N–H and O–H groups in total. The zero-order chi connectivity index (χ0) is 13.0. The number of nitrogen functional groups attached to an aromatic ring is 1. The van der Waals surface area contributed by atoms with Crippen LogP contribution in [0.1, 0.15) is 13.8 Å². The highest BCUT2D eigenvalue weighted by molar-refractivity contribution is 5.56. The first-order valence-electron chi connectivity index (χ1n) is 5.10. The molecule has 0 saturated heterocycles. The van der Waals surface area contributed by atoms with E-state index in [1.807, 2.05) is 13.8 Å². The Kier molecular flexibility index (Phi) is 4.16. The maximum Gasteiger partial charge on any atom is 0.329 e. The van der Waals surface area contributed by atoms with Crippen LogP contribution >= 0.6 is 0 Å². The van der Waals surface area contributed by atoms with Gasteiger partial charge in [-0.3, -0.25) is 10.1 Å². The van der Waals surface area contributed by atoms with E-state index in [-0.39, 0.29) is 36.0 Å². The van der Waals surface area contributed by atoms with Crippen LogP contribution in [0.2, 0.25) is 0 Å². The SMILES string of the molecule is CC(C)C(CO)Nc1nc(N)ncc1[N+](=O)[O-]. The largest absolute Gasteiger partial charge is 0.394 e. The summed E-state index contributed by atoms with van der Waals surface area (Å²) in [4.78, 5) is 17.5. The maximum atomic E-state index is 10.8. The Bertz CT molecular complexity index is 410. The van der Waals surface area contributed by atoms with E-state index in [1.165, 1.54) is 0 Å². The van der Waals surface area contributed by atoms with Gasteiger partial charge in [0, 0.05) is 0 Å². The fourth-order valence-electron chi connectivity index (χ4n) is 1.23. The lowest BCUT2D eigenvalue weighted by molar-refractivity contribution is -0.384. The highest BCUT2D eigenvalue weighted by Gasteiger charge is 2.21. The number of hydrogen-bond acceptors (Lipinski definition) is 7. The topological polar surface area (TPSA) is 127 Å². The van der Waals surface area contributed by atoms with Crippen LogP contribution in [-0.4, -0.2) is 32.6 Å². The molecule has 0 amide bonds. The smallest absolute Gasteiger partial charge is 0.329 e. The van der Waals surface area contributed by atoms with Gasteiger partial charge in [-0.15, -0.1) is 0 Å². The molecule has 8 heteroatoms. The number of nitrogens with one attached hydrogen (secondary N) is 1. The highest BCUT2D eigenvalue weighted by Crippen LogP contribution is 2.23. The van der Waals surface area contributed by atoms with Crippen molar-refractivity contribution in [3.05, 3.63) is 16.3 Å². The molecular formula is C9H15N5O3. The minimum absolute atomic E-state index is 0.0234. The Labute approximate surface area is 98.0 Å². The molecule has 1 heterocycles. The molecule has 0 saturated carbocycles. The van der Waals surface area contributed by atoms with Crippen LogP contribution in [0.4, 0.5) is 17.5 Å². The summed E-state index contributed by atoms with van der Waals surface area (Å²) in [5, 5.41) is 22.7. The summed E-state index contributed by atoms with van der Waals surface area (Å²) in [6, 6.07) is -0.331. The Balaban J connectivity index is 3.03. The number of nitro groups is 1. The second-order valence-corrected chi connectivity index (χ2v) is 3.90. The number of rotatable bonds is 5. The minimum Gasteiger partial charge on any atom is -0.394 e. The van der Waals surface area contributed by atoms with Gasteiger partial charge in [-0.05, 0) is 5.92 Å². The van der Waals surface area contributed by atoms with E-state index >= 15 is 0 Å². The summed E-state index contributed by atoms with van der Waals surface area (Å²) >= 11 is 0. The number of nitrogens with zero attached hydrogens (tertiary/aromatic N) is 3. The average molecular weight is 241 g/mol. The Hall–Kier alpha value is -1.96. The van der Waals surface area contributed by atoms with E-state index in [9.17, 15) is 10.1 Å². The fourth-order valence-corrected chi connectivity index (χ4v) is 1.23. The van der Waals surface area contributed by atoms with Crippen LogP contribution < -0.4 is 11.1 Å². The Morgan fingerprint density at radius 3 is 2.76 bits per heavy atom. The first-order chi connectivity index (χ1) is 7.95. The molecule has 1 atom stereocenters. The molecule has 0 aliphatic heterocycles. The lowest BCUT2D eigenvalue weighted by Gasteiger charge is -2.20. The molecule has 8 nitrogen and oxygen atoms in total. The van der Waals surface area contributed by atoms with Crippen LogP contribution in [0, 0.1) is 16.0 Å². The fraction of sp³-hybridized carbons (Fsp3) is 0.556. The van der Waals surface area contributed by atoms with Gasteiger partial charge in [0.25, 0.3) is 0 Å². The van der Waals surface area contributed by atoms with Crippen molar-refractivity contribution in [2.24, 2.45) is 5.92 Å². The Morgan fingerprint density at radius 2 is 2.29 bits per heavy atom. The van der Waals surface area contributed by atoms with Crippen LogP contribution in [-0.2, 0) is 0 Å². The predicted molar refractivity (Wildman–Crippen MR) is 62.4 cm³/mol. The van der Waals surface area contributed by atoms with Gasteiger partial charge in [0.05, 0.1) is 17.6 Å². The number of aliphatic hydroxyl groups is 1. The van der Waals surface area contributed by atoms with E-state index in [1.54, 1.807) is 0 Å². The van der Waals surface area contributed by atoms with Crippen LogP contribution in [0.3, 0.4) is 0 Å². The van der Waals surface area contributed by atoms with E-state index in [0.717, 1.165) is 6.20 Å². The van der Waals surface area contributed by atoms with Gasteiger partial charge in [-0.1, -0.05) is 13.8 Å². The third-order valence-electron chi connectivity index (χ3n) is 2.31. The quantitative estimate of drug-likeness (QED) is 0.502. The second kappa shape index (κ2) is 5.39. The normalized spacial score (nSPS) is 12.5. The van der Waals surface area contributed by atoms with Gasteiger partial charge < -0.3 is 16.2 Å². The van der Waals surface area contributed by atoms with E-state index < -0.39 is 4.92 Å². The molecule has 94 valence electrons. The molecule has 0 aliphatic rings. The van der Waals surface area contributed by atoms with Crippen molar-refractivity contribution in [2.45, 2.75) is 19.9 Å². The number of nitrogens with two attached hydrogens (primary N) is 1. The summed E-state index contributed by atoms with van der Waals surface area (Å²) in [7, 11) is 0. The second-order valence-electron chi connectivity index (χ2n) is 3.90. The summed E-state index contributed by atoms with van der Waals surface area (Å²) in [5.74, 6) is 0.0598. The molecule has 0 spiro atoms. The number of anilines is 2. The van der Waals surface area contributed by atoms with E-state index in [2.05, 4.69) is 15.3 Å². The first-order valence-corrected chi connectivity index (χ1v) is 5.10. The lowest BCUT2D eigenvalue weighted by Crippen LogP contribution is -2.30. The molecule has 0 aromatic carbocycles. The molecule has 1 rings (SSSR count). The first kappa shape index (κ1) is 13.1. The molecule has 0 aliphatic carbocycles. The predicted octanol–water partition coefficient (Wildman–Crippen LogP) is 0.396. The van der Waals surface area contributed by atoms with Crippen molar-refractivity contribution in [1.29, 1.82) is 0 Å². The van der Waals surface area contributed by atoms with Crippen molar-refractivity contribution in [2.75, 3.05) is 17.7 Å². The Morgan fingerprint density at radius 1 is 1.65 bits per heavy atom. The monoisotopic (exact) mass is 241 g/mol. The average Bonchev–Trinajstić information content (AvgIpc) is 2.25. The molecule has 0 bridgehead atoms. The third-order valence-corrected chi connectivity index (χ3v) is 2.31. The van der Waals surface area contributed by atoms with Crippen molar-refractivity contribution >= 4 is 17.5 Å². The molecule has 0 radical (unpaired) electrons. The summed E-state index contributed by atoms with van der Waals surface area (Å²) in [5.41, 5.74) is 5.11. The van der Waals surface area contributed by atoms with Crippen molar-refractivity contribution in [3.8, 4) is 0 Å². The van der Waals surface area contributed by atoms with Gasteiger partial charge in [-0.25, -0.2) is 4.98 Å². The van der Waals surface area contributed by atoms with Gasteiger partial charge in [-0.2, -0.15) is 4.98 Å². The molecule has 17 heavy (non-hydrogen) atoms. The zero-order valence-electron chi connectivity index (χ0n) is 9.62. The summed E-state index contributed by atoms with van der Waals surface area (Å²) < 4.78 is 0. The van der Waals surface area contributed by atoms with Crippen molar-refractivity contribution in [1.82, 2.24) is 9.97 Å². The third kappa shape index (κ3) is 3.25. The molecule has 0 fully saturated rings. The van der Waals surface area contributed by atoms with Crippen molar-refractivity contribution in [3.63, 3.8) is 0 Å². The number of aliphatic hydroxyl groups excluding tert-OH is 1. The van der Waals surface area contributed by atoms with E-state index in [0.29, 0.717) is 0 Å². The van der Waals surface area contributed by atoms with Crippen molar-refractivity contribution < 1.29 is 10.0 Å². The van der Waals surface area contributed by atoms with Gasteiger partial charge in [0.2, 0.25) is 11.8 Å². The zero-order valence-corrected chi connectivity index (χ0v) is 9.62. The van der Waals surface area contributed by atoms with Gasteiger partial charge in [0.15, 0.2) is 0 Å². The summed E-state index contributed by atoms with van der Waals surface area (Å²) in [6.07, 6.45) is 1.04. The summed E-state index contributed by atoms with van der Waals surface area (Å²) in [6.45, 7) is 3.60. The molecule has 1 unspecified atom stereocenters. The molecule has 1 aromatic heterocycles. The van der Waals surface area contributed by atoms with Crippen LogP contribution in [0.5, 0.6) is 0 Å². The molecule has 1 aromatic rings. The van der Waals surface area contributed by atoms with Crippen LogP contribution in [0.25, 0.3) is 0 Å². The maximum absolute atomic E-state index is 10.8. The number of aromatic nitrogens is 2. The molecular weight excluding hydrogens is 226 g/mol. The lowest BCUT2D eigenvalue weighted by atomic mass is 10.1. The van der Waals surface area contributed by atoms with Gasteiger partial charge >= 0.3 is 5.69 Å². The van der Waals surface area contributed by atoms with Crippen LogP contribution in [0.15, 0.2) is 6.20 Å².